The Balaban J connectivity index is 2.22. The van der Waals surface area contributed by atoms with E-state index in [1.165, 1.54) is 5.56 Å². The zero-order chi connectivity index (χ0) is 13.3. The molecule has 0 aliphatic heterocycles. The standard InChI is InChI=1S/C18H18O/c1-2-14-8-3-5-11-16(14)18(19)13-7-10-15-9-4-6-12-17(15)18/h2-6,8-9,11-12,19H,1,7,10,13H2. The average molecular weight is 250 g/mol. The molecule has 0 aromatic heterocycles. The van der Waals surface area contributed by atoms with Crippen LogP contribution in [-0.4, -0.2) is 5.11 Å². The Morgan fingerprint density at radius 3 is 2.47 bits per heavy atom. The van der Waals surface area contributed by atoms with Crippen molar-refractivity contribution in [2.75, 3.05) is 0 Å². The summed E-state index contributed by atoms with van der Waals surface area (Å²) in [6.07, 6.45) is 4.66. The molecular weight excluding hydrogens is 232 g/mol. The minimum absolute atomic E-state index is 0.773. The highest BCUT2D eigenvalue weighted by molar-refractivity contribution is 5.57. The van der Waals surface area contributed by atoms with Crippen molar-refractivity contribution in [2.45, 2.75) is 24.9 Å². The quantitative estimate of drug-likeness (QED) is 0.857. The number of aliphatic hydroxyl groups is 1. The van der Waals surface area contributed by atoms with Gasteiger partial charge in [-0.3, -0.25) is 0 Å². The second-order valence-corrected chi connectivity index (χ2v) is 5.16. The highest BCUT2D eigenvalue weighted by atomic mass is 16.3. The highest BCUT2D eigenvalue weighted by Crippen LogP contribution is 2.41. The van der Waals surface area contributed by atoms with Crippen LogP contribution in [0.25, 0.3) is 6.08 Å². The van der Waals surface area contributed by atoms with Crippen LogP contribution in [0.2, 0.25) is 0 Å². The molecule has 0 bridgehead atoms. The molecule has 96 valence electrons. The molecule has 2 aromatic rings. The fraction of sp³-hybridized carbons (Fsp3) is 0.222. The van der Waals surface area contributed by atoms with E-state index in [2.05, 4.69) is 12.6 Å². The van der Waals surface area contributed by atoms with Gasteiger partial charge in [0, 0.05) is 0 Å². The van der Waals surface area contributed by atoms with Crippen LogP contribution in [-0.2, 0) is 12.0 Å². The van der Waals surface area contributed by atoms with Gasteiger partial charge in [0.15, 0.2) is 0 Å². The predicted molar refractivity (Wildman–Crippen MR) is 78.9 cm³/mol. The van der Waals surface area contributed by atoms with E-state index < -0.39 is 5.60 Å². The average Bonchev–Trinajstić information content (AvgIpc) is 2.48. The van der Waals surface area contributed by atoms with Crippen LogP contribution in [0, 0.1) is 0 Å². The Kier molecular flexibility index (Phi) is 3.00. The Morgan fingerprint density at radius 2 is 1.68 bits per heavy atom. The largest absolute Gasteiger partial charge is 0.380 e. The first-order valence-electron chi connectivity index (χ1n) is 6.78. The van der Waals surface area contributed by atoms with E-state index in [9.17, 15) is 5.11 Å². The molecule has 0 saturated heterocycles. The van der Waals surface area contributed by atoms with Crippen LogP contribution in [0.3, 0.4) is 0 Å². The van der Waals surface area contributed by atoms with E-state index in [0.29, 0.717) is 0 Å². The second-order valence-electron chi connectivity index (χ2n) is 5.16. The van der Waals surface area contributed by atoms with Gasteiger partial charge < -0.3 is 5.11 Å². The summed E-state index contributed by atoms with van der Waals surface area (Å²) in [5.74, 6) is 0. The normalized spacial score (nSPS) is 21.7. The molecule has 2 aromatic carbocycles. The Bertz CT molecular complexity index is 615. The second kappa shape index (κ2) is 4.67. The van der Waals surface area contributed by atoms with E-state index >= 15 is 0 Å². The van der Waals surface area contributed by atoms with Gasteiger partial charge in [0.2, 0.25) is 0 Å². The van der Waals surface area contributed by atoms with Gasteiger partial charge in [0.1, 0.15) is 5.60 Å². The van der Waals surface area contributed by atoms with Crippen LogP contribution in [0.1, 0.15) is 35.1 Å². The van der Waals surface area contributed by atoms with Crippen molar-refractivity contribution >= 4 is 6.08 Å². The molecule has 1 aliphatic rings. The molecule has 0 heterocycles. The van der Waals surface area contributed by atoms with Crippen molar-refractivity contribution in [1.82, 2.24) is 0 Å². The summed E-state index contributed by atoms with van der Waals surface area (Å²) in [6.45, 7) is 3.86. The molecular formula is C18H18O. The van der Waals surface area contributed by atoms with Crippen molar-refractivity contribution in [1.29, 1.82) is 0 Å². The molecule has 3 rings (SSSR count). The maximum absolute atomic E-state index is 11.3. The number of hydrogen-bond donors (Lipinski definition) is 1. The molecule has 0 spiro atoms. The molecule has 19 heavy (non-hydrogen) atoms. The SMILES string of the molecule is C=Cc1ccccc1C1(O)CCCc2ccccc21. The summed E-state index contributed by atoms with van der Waals surface area (Å²) in [5, 5.41) is 11.3. The lowest BCUT2D eigenvalue weighted by Crippen LogP contribution is -2.32. The molecule has 1 N–H and O–H groups in total. The molecule has 1 atom stereocenters. The molecule has 0 amide bonds. The summed E-state index contributed by atoms with van der Waals surface area (Å²) in [7, 11) is 0. The zero-order valence-corrected chi connectivity index (χ0v) is 11.0. The molecule has 0 saturated carbocycles. The number of fused-ring (bicyclic) bond motifs is 1. The molecule has 1 aliphatic carbocycles. The first-order valence-corrected chi connectivity index (χ1v) is 6.78. The maximum Gasteiger partial charge on any atom is 0.115 e. The lowest BCUT2D eigenvalue weighted by atomic mass is 9.74. The summed E-state index contributed by atoms with van der Waals surface area (Å²) in [4.78, 5) is 0. The Hall–Kier alpha value is -1.86. The zero-order valence-electron chi connectivity index (χ0n) is 11.0. The summed E-state index contributed by atoms with van der Waals surface area (Å²) < 4.78 is 0. The third kappa shape index (κ3) is 1.91. The predicted octanol–water partition coefficient (Wildman–Crippen LogP) is 3.90. The first-order chi connectivity index (χ1) is 9.25. The van der Waals surface area contributed by atoms with E-state index in [1.54, 1.807) is 0 Å². The van der Waals surface area contributed by atoms with E-state index in [4.69, 9.17) is 0 Å². The maximum atomic E-state index is 11.3. The fourth-order valence-electron chi connectivity index (χ4n) is 3.14. The Labute approximate surface area is 114 Å². The fourth-order valence-corrected chi connectivity index (χ4v) is 3.14. The number of benzene rings is 2. The molecule has 1 nitrogen and oxygen atoms in total. The van der Waals surface area contributed by atoms with Gasteiger partial charge in [-0.15, -0.1) is 0 Å². The summed E-state index contributed by atoms with van der Waals surface area (Å²) >= 11 is 0. The summed E-state index contributed by atoms with van der Waals surface area (Å²) in [6, 6.07) is 16.2. The van der Waals surface area contributed by atoms with Crippen molar-refractivity contribution in [3.63, 3.8) is 0 Å². The van der Waals surface area contributed by atoms with Crippen LogP contribution in [0.5, 0.6) is 0 Å². The van der Waals surface area contributed by atoms with Crippen LogP contribution in [0.4, 0.5) is 0 Å². The monoisotopic (exact) mass is 250 g/mol. The van der Waals surface area contributed by atoms with Crippen LogP contribution < -0.4 is 0 Å². The van der Waals surface area contributed by atoms with Crippen molar-refractivity contribution in [2.24, 2.45) is 0 Å². The molecule has 1 heteroatoms. The van der Waals surface area contributed by atoms with Crippen molar-refractivity contribution in [3.05, 3.63) is 77.4 Å². The van der Waals surface area contributed by atoms with Crippen molar-refractivity contribution in [3.8, 4) is 0 Å². The lowest BCUT2D eigenvalue weighted by molar-refractivity contribution is 0.0614. The van der Waals surface area contributed by atoms with E-state index in [-0.39, 0.29) is 0 Å². The third-order valence-electron chi connectivity index (χ3n) is 4.07. The van der Waals surface area contributed by atoms with Gasteiger partial charge in [-0.05, 0) is 41.5 Å². The van der Waals surface area contributed by atoms with Crippen molar-refractivity contribution < 1.29 is 5.11 Å². The van der Waals surface area contributed by atoms with Gasteiger partial charge in [-0.25, -0.2) is 0 Å². The van der Waals surface area contributed by atoms with E-state index in [1.807, 2.05) is 48.5 Å². The first kappa shape index (κ1) is 12.2. The topological polar surface area (TPSA) is 20.2 Å². The lowest BCUT2D eigenvalue weighted by Gasteiger charge is -2.36. The number of hydrogen-bond acceptors (Lipinski definition) is 1. The molecule has 0 fully saturated rings. The molecule has 1 unspecified atom stereocenters. The highest BCUT2D eigenvalue weighted by Gasteiger charge is 2.36. The Morgan fingerprint density at radius 1 is 1.00 bits per heavy atom. The van der Waals surface area contributed by atoms with Crippen LogP contribution in [0.15, 0.2) is 55.1 Å². The molecule has 0 radical (unpaired) electrons. The van der Waals surface area contributed by atoms with E-state index in [0.717, 1.165) is 36.0 Å². The van der Waals surface area contributed by atoms with Gasteiger partial charge in [-0.1, -0.05) is 61.2 Å². The minimum Gasteiger partial charge on any atom is -0.380 e. The number of aryl methyl sites for hydroxylation is 1. The smallest absolute Gasteiger partial charge is 0.115 e. The van der Waals surface area contributed by atoms with Gasteiger partial charge >= 0.3 is 0 Å². The minimum atomic E-state index is -0.875. The van der Waals surface area contributed by atoms with Crippen LogP contribution >= 0.6 is 0 Å². The summed E-state index contributed by atoms with van der Waals surface area (Å²) in [5.41, 5.74) is 3.42. The third-order valence-corrected chi connectivity index (χ3v) is 4.07. The van der Waals surface area contributed by atoms with Gasteiger partial charge in [0.25, 0.3) is 0 Å². The van der Waals surface area contributed by atoms with Gasteiger partial charge in [-0.2, -0.15) is 0 Å². The van der Waals surface area contributed by atoms with Gasteiger partial charge in [0.05, 0.1) is 0 Å². The number of rotatable bonds is 2.